The lowest BCUT2D eigenvalue weighted by Gasteiger charge is -2.20. The second kappa shape index (κ2) is 8.49. The number of allylic oxidation sites excluding steroid dienone is 3. The molecule has 3 rings (SSSR count). The molecule has 2 aromatic rings. The fourth-order valence-corrected chi connectivity index (χ4v) is 4.70. The molecule has 0 spiro atoms. The zero-order valence-electron chi connectivity index (χ0n) is 15.8. The summed E-state index contributed by atoms with van der Waals surface area (Å²) in [6.45, 7) is 3.69. The lowest BCUT2D eigenvalue weighted by atomic mass is 9.94. The van der Waals surface area contributed by atoms with Gasteiger partial charge in [0.05, 0.1) is 23.0 Å². The summed E-state index contributed by atoms with van der Waals surface area (Å²) in [7, 11) is 1.58. The number of carbonyl (C=O) groups is 1. The van der Waals surface area contributed by atoms with Crippen molar-refractivity contribution in [2.45, 2.75) is 20.3 Å². The molecule has 0 radical (unpaired) electrons. The first-order chi connectivity index (χ1) is 13.4. The van der Waals surface area contributed by atoms with Crippen LogP contribution in [-0.4, -0.2) is 24.1 Å². The van der Waals surface area contributed by atoms with Gasteiger partial charge < -0.3 is 15.1 Å². The lowest BCUT2D eigenvalue weighted by Crippen LogP contribution is -2.22. The van der Waals surface area contributed by atoms with E-state index in [1.165, 1.54) is 18.0 Å². The molecule has 1 aromatic heterocycles. The number of ketones is 1. The number of ether oxygens (including phenoxy) is 1. The molecule has 0 saturated carbocycles. The Hall–Kier alpha value is -2.12. The molecule has 1 aliphatic heterocycles. The van der Waals surface area contributed by atoms with Crippen LogP contribution in [0.5, 0.6) is 5.75 Å². The number of methoxy groups -OCH3 is 1. The summed E-state index contributed by atoms with van der Waals surface area (Å²) in [6.07, 6.45) is 3.77. The maximum Gasteiger partial charge on any atom is 0.190 e. The summed E-state index contributed by atoms with van der Waals surface area (Å²) < 4.78 is 6.03. The van der Waals surface area contributed by atoms with Gasteiger partial charge in [0.15, 0.2) is 5.43 Å². The van der Waals surface area contributed by atoms with Crippen molar-refractivity contribution >= 4 is 56.2 Å². The van der Waals surface area contributed by atoms with E-state index in [1.54, 1.807) is 25.3 Å². The highest BCUT2D eigenvalue weighted by Gasteiger charge is 2.25. The summed E-state index contributed by atoms with van der Waals surface area (Å²) in [5, 5.41) is 10.2. The van der Waals surface area contributed by atoms with Crippen molar-refractivity contribution in [3.05, 3.63) is 55.0 Å². The number of fused-ring (bicyclic) bond motifs is 1. The molecule has 5 nitrogen and oxygen atoms in total. The number of Topliss-reactive ketones (excluding diaryl/α,β-unsaturated/α-hetero) is 1. The predicted octanol–water partition coefficient (Wildman–Crippen LogP) is 5.15. The zero-order chi connectivity index (χ0) is 20.4. The molecule has 1 unspecified atom stereocenters. The molecular formula is C21H21BrN2O3S. The minimum atomic E-state index is -0.503. The summed E-state index contributed by atoms with van der Waals surface area (Å²) in [5.41, 5.74) is 2.31. The first kappa shape index (κ1) is 20.6. The molecular weight excluding hydrogens is 440 g/mol. The molecule has 1 atom stereocenters. The van der Waals surface area contributed by atoms with Crippen molar-refractivity contribution in [2.24, 2.45) is 11.8 Å². The third-order valence-corrected chi connectivity index (χ3v) is 6.56. The zero-order valence-corrected chi connectivity index (χ0v) is 18.2. The molecule has 1 aromatic carbocycles. The van der Waals surface area contributed by atoms with Gasteiger partial charge in [0.2, 0.25) is 0 Å². The Morgan fingerprint density at radius 1 is 1.39 bits per heavy atom. The van der Waals surface area contributed by atoms with Gasteiger partial charge in [0.1, 0.15) is 11.5 Å². The van der Waals surface area contributed by atoms with Crippen LogP contribution in [0.1, 0.15) is 26.0 Å². The Morgan fingerprint density at radius 3 is 2.71 bits per heavy atom. The van der Waals surface area contributed by atoms with Gasteiger partial charge in [0.25, 0.3) is 0 Å². The van der Waals surface area contributed by atoms with Crippen LogP contribution in [0.4, 0.5) is 0 Å². The average Bonchev–Trinajstić information content (AvgIpc) is 2.69. The van der Waals surface area contributed by atoms with Gasteiger partial charge in [-0.25, -0.2) is 0 Å². The predicted molar refractivity (Wildman–Crippen MR) is 119 cm³/mol. The normalized spacial score (nSPS) is 15.2. The molecule has 7 heteroatoms. The van der Waals surface area contributed by atoms with E-state index < -0.39 is 5.92 Å². The van der Waals surface area contributed by atoms with E-state index in [0.29, 0.717) is 27.5 Å². The maximum atomic E-state index is 12.6. The molecule has 0 bridgehead atoms. The number of aromatic amines is 1. The smallest absolute Gasteiger partial charge is 0.190 e. The van der Waals surface area contributed by atoms with Crippen molar-refractivity contribution in [3.8, 4) is 5.75 Å². The van der Waals surface area contributed by atoms with Gasteiger partial charge in [-0.05, 0) is 45.5 Å². The Morgan fingerprint density at radius 2 is 2.14 bits per heavy atom. The van der Waals surface area contributed by atoms with Gasteiger partial charge in [0, 0.05) is 34.2 Å². The number of carbonyl (C=O) groups excluding carboxylic acids is 1. The van der Waals surface area contributed by atoms with Crippen molar-refractivity contribution in [3.63, 3.8) is 0 Å². The molecule has 2 N–H and O–H groups in total. The standard InChI is InChI=1S/C21H21BrN2O3S/c1-11(2)21(26)14(9-23)18-7-4-12(10-28-18)15-8-16(25)13-5-6-17(27-3)19(22)20(13)24-15/h5-11,14,23H,4H2,1-3H3,(H,24,25). The minimum absolute atomic E-state index is 0.0423. The number of H-pyrrole nitrogens is 1. The summed E-state index contributed by atoms with van der Waals surface area (Å²) in [5.74, 6) is 0.0655. The number of halogens is 1. The van der Waals surface area contributed by atoms with E-state index in [2.05, 4.69) is 20.9 Å². The van der Waals surface area contributed by atoms with Crippen LogP contribution in [0.2, 0.25) is 0 Å². The third kappa shape index (κ3) is 3.86. The van der Waals surface area contributed by atoms with Gasteiger partial charge in [-0.1, -0.05) is 19.9 Å². The SMILES string of the molecule is COc1ccc2c(=O)cc(C3=CSC(C(C=N)C(=O)C(C)C)=CC3)[nH]c2c1Br. The summed E-state index contributed by atoms with van der Waals surface area (Å²) in [4.78, 5) is 29.1. The highest BCUT2D eigenvalue weighted by Crippen LogP contribution is 2.37. The summed E-state index contributed by atoms with van der Waals surface area (Å²) >= 11 is 4.94. The fraction of sp³-hybridized carbons (Fsp3) is 0.286. The van der Waals surface area contributed by atoms with Crippen molar-refractivity contribution in [1.82, 2.24) is 4.98 Å². The van der Waals surface area contributed by atoms with Crippen LogP contribution in [0.3, 0.4) is 0 Å². The van der Waals surface area contributed by atoms with Gasteiger partial charge >= 0.3 is 0 Å². The van der Waals surface area contributed by atoms with Crippen molar-refractivity contribution < 1.29 is 9.53 Å². The molecule has 2 heterocycles. The monoisotopic (exact) mass is 460 g/mol. The number of hydrogen-bond donors (Lipinski definition) is 2. The maximum absolute atomic E-state index is 12.6. The molecule has 0 aliphatic carbocycles. The highest BCUT2D eigenvalue weighted by molar-refractivity contribution is 9.10. The van der Waals surface area contributed by atoms with E-state index in [9.17, 15) is 9.59 Å². The number of pyridine rings is 1. The molecule has 146 valence electrons. The highest BCUT2D eigenvalue weighted by atomic mass is 79.9. The number of thioether (sulfide) groups is 1. The number of nitrogens with one attached hydrogen (secondary N) is 2. The van der Waals surface area contributed by atoms with Crippen LogP contribution in [0, 0.1) is 17.2 Å². The van der Waals surface area contributed by atoms with E-state index in [4.69, 9.17) is 10.1 Å². The lowest BCUT2D eigenvalue weighted by molar-refractivity contribution is -0.122. The molecule has 0 fully saturated rings. The average molecular weight is 461 g/mol. The molecule has 0 amide bonds. The fourth-order valence-electron chi connectivity index (χ4n) is 3.08. The Balaban J connectivity index is 1.94. The quantitative estimate of drug-likeness (QED) is 0.583. The number of aromatic nitrogens is 1. The van der Waals surface area contributed by atoms with Gasteiger partial charge in [-0.2, -0.15) is 0 Å². The Labute approximate surface area is 175 Å². The topological polar surface area (TPSA) is 83.0 Å². The second-order valence-electron chi connectivity index (χ2n) is 6.82. The number of hydrogen-bond acceptors (Lipinski definition) is 5. The second-order valence-corrected chi connectivity index (χ2v) is 8.56. The van der Waals surface area contributed by atoms with E-state index in [1.807, 2.05) is 25.3 Å². The number of rotatable bonds is 6. The van der Waals surface area contributed by atoms with Crippen LogP contribution < -0.4 is 10.2 Å². The first-order valence-electron chi connectivity index (χ1n) is 8.87. The molecule has 28 heavy (non-hydrogen) atoms. The summed E-state index contributed by atoms with van der Waals surface area (Å²) in [6, 6.07) is 5.10. The Bertz CT molecular complexity index is 1070. The first-order valence-corrected chi connectivity index (χ1v) is 10.5. The molecule has 1 aliphatic rings. The minimum Gasteiger partial charge on any atom is -0.495 e. The van der Waals surface area contributed by atoms with Gasteiger partial charge in [-0.3, -0.25) is 9.59 Å². The third-order valence-electron chi connectivity index (χ3n) is 4.68. The van der Waals surface area contributed by atoms with E-state index in [0.717, 1.165) is 16.2 Å². The van der Waals surface area contributed by atoms with E-state index >= 15 is 0 Å². The van der Waals surface area contributed by atoms with Crippen molar-refractivity contribution in [2.75, 3.05) is 7.11 Å². The van der Waals surface area contributed by atoms with Crippen LogP contribution >= 0.6 is 27.7 Å². The van der Waals surface area contributed by atoms with Crippen molar-refractivity contribution in [1.29, 1.82) is 5.41 Å². The van der Waals surface area contributed by atoms with Crippen LogP contribution in [0.15, 0.2) is 43.9 Å². The number of benzene rings is 1. The van der Waals surface area contributed by atoms with Crippen LogP contribution in [0.25, 0.3) is 16.5 Å². The largest absolute Gasteiger partial charge is 0.495 e. The molecule has 0 saturated heterocycles. The van der Waals surface area contributed by atoms with Gasteiger partial charge in [-0.15, -0.1) is 11.8 Å². The van der Waals surface area contributed by atoms with E-state index in [-0.39, 0.29) is 17.1 Å². The van der Waals surface area contributed by atoms with Crippen LogP contribution in [-0.2, 0) is 4.79 Å². The Kier molecular flexibility index (Phi) is 6.25.